The summed E-state index contributed by atoms with van der Waals surface area (Å²) >= 11 is 0. The van der Waals surface area contributed by atoms with Crippen molar-refractivity contribution in [2.45, 2.75) is 146 Å². The van der Waals surface area contributed by atoms with Gasteiger partial charge in [-0.2, -0.15) is 0 Å². The number of aliphatic hydroxyl groups is 1. The molecule has 2 aromatic heterocycles. The number of aromatic nitrogens is 3. The number of para-hydroxylation sites is 1. The maximum atomic E-state index is 14.5. The molecule has 2 aliphatic rings. The van der Waals surface area contributed by atoms with Crippen LogP contribution in [0.4, 0.5) is 0 Å². The van der Waals surface area contributed by atoms with Crippen molar-refractivity contribution in [3.63, 3.8) is 0 Å². The van der Waals surface area contributed by atoms with Gasteiger partial charge < -0.3 is 84.4 Å². The van der Waals surface area contributed by atoms with E-state index in [0.29, 0.717) is 41.6 Å². The van der Waals surface area contributed by atoms with Crippen molar-refractivity contribution in [3.8, 4) is 5.75 Å². The molecule has 454 valence electrons. The molecule has 2 saturated heterocycles. The van der Waals surface area contributed by atoms with Gasteiger partial charge in [0.05, 0.1) is 12.9 Å². The van der Waals surface area contributed by atoms with Crippen molar-refractivity contribution in [2.24, 2.45) is 22.4 Å². The Labute approximate surface area is 485 Å². The van der Waals surface area contributed by atoms with Crippen LogP contribution in [-0.2, 0) is 67.2 Å². The topological polar surface area (TPSA) is 432 Å². The number of hydrogen-bond acceptors (Lipinski definition) is 14. The molecular weight excluding hydrogens is 1090 g/mol. The molecule has 17 N–H and O–H groups in total. The van der Waals surface area contributed by atoms with Crippen LogP contribution in [0.5, 0.6) is 5.75 Å². The number of imidazole rings is 1. The molecule has 1 unspecified atom stereocenters. The van der Waals surface area contributed by atoms with E-state index in [9.17, 15) is 58.2 Å². The molecule has 6 rings (SSSR count). The van der Waals surface area contributed by atoms with Gasteiger partial charge in [-0.15, -0.1) is 0 Å². The summed E-state index contributed by atoms with van der Waals surface area (Å²) in [5, 5.41) is 45.3. The van der Waals surface area contributed by atoms with Crippen molar-refractivity contribution in [1.29, 1.82) is 0 Å². The second kappa shape index (κ2) is 30.8. The maximum Gasteiger partial charge on any atom is 0.245 e. The number of aliphatic imine (C=N–C) groups is 1. The number of nitrogens with zero attached hydrogens (tertiary/aromatic N) is 3. The number of nitrogens with one attached hydrogen (secondary N) is 11. The summed E-state index contributed by atoms with van der Waals surface area (Å²) in [6.45, 7) is 6.52. The third-order valence-electron chi connectivity index (χ3n) is 14.3. The van der Waals surface area contributed by atoms with Crippen LogP contribution in [0.3, 0.4) is 0 Å². The summed E-state index contributed by atoms with van der Waals surface area (Å²) in [5.74, 6) is -7.43. The standard InChI is InChI=1S/C56H78N16O12/c1-5-60-54(83)45-13-9-21-72(45)55(84)39(12-8-20-61-56(57)58)66-50(79)40(22-30(2)3)67-47(76)31(4)64-49(78)41(23-32-14-16-35(74)17-15-32)68-53(82)44(28-73)71-51(80)42(24-33-26-62-37-11-7-6-10-36(33)37)69-52(81)43(25-34-27-59-29-63-34)70-48(77)38-18-19-46(75)65-38/h6-7,10-11,14-17,26-27,29-31,38-45,62,73-74H,5,8-9,12-13,18-25,28H2,1-4H3,(H,59,63)(H,60,83)(H,64,78)(H,65,75)(H,66,79)(H,67,76)(H,68,82)(H,69,81)(H,70,77)(H,71,80)(H4,57,58,61)/t31-,38?,39+,40+,41+,42+,43+,44+,45+/m1/s1. The largest absolute Gasteiger partial charge is 0.508 e. The number of H-pyrrole nitrogens is 2. The molecule has 2 aliphatic heterocycles. The number of rotatable bonds is 30. The van der Waals surface area contributed by atoms with E-state index in [1.165, 1.54) is 48.6 Å². The van der Waals surface area contributed by atoms with Crippen LogP contribution in [0.25, 0.3) is 10.9 Å². The summed E-state index contributed by atoms with van der Waals surface area (Å²) < 4.78 is 0. The highest BCUT2D eigenvalue weighted by molar-refractivity contribution is 5.99. The maximum absolute atomic E-state index is 14.5. The van der Waals surface area contributed by atoms with Crippen LogP contribution in [0.15, 0.2) is 72.2 Å². The number of aromatic hydroxyl groups is 1. The number of guanidine groups is 1. The number of hydrogen-bond donors (Lipinski definition) is 15. The SMILES string of the molecule is CCNC(=O)[C@@H]1CCCN1C(=O)[C@H](CCCN=C(N)N)NC(=O)[C@H](CC(C)C)NC(=O)[C@@H](C)NC(=O)[C@H](Cc1ccc(O)cc1)NC(=O)[C@H](CO)NC(=O)[C@H](Cc1c[nH]c2ccccc12)NC(=O)[C@H](Cc1cnc[nH]1)NC(=O)C1CCC(=O)N1. The summed E-state index contributed by atoms with van der Waals surface area (Å²) in [4.78, 5) is 153. The minimum absolute atomic E-state index is 0.0879. The highest BCUT2D eigenvalue weighted by Gasteiger charge is 2.39. The molecule has 9 atom stereocenters. The summed E-state index contributed by atoms with van der Waals surface area (Å²) in [5.41, 5.74) is 13.2. The number of aliphatic hydroxyl groups excluding tert-OH is 1. The van der Waals surface area contributed by atoms with Gasteiger partial charge in [0.2, 0.25) is 59.1 Å². The quantitative estimate of drug-likeness (QED) is 0.0146. The van der Waals surface area contributed by atoms with Gasteiger partial charge in [-0.25, -0.2) is 4.98 Å². The van der Waals surface area contributed by atoms with Crippen LogP contribution in [-0.4, -0.2) is 176 Å². The average molecular weight is 1170 g/mol. The van der Waals surface area contributed by atoms with Crippen LogP contribution in [0.2, 0.25) is 0 Å². The second-order valence-corrected chi connectivity index (χ2v) is 21.3. The first-order chi connectivity index (χ1) is 40.1. The zero-order valence-electron chi connectivity index (χ0n) is 47.5. The van der Waals surface area contributed by atoms with Crippen LogP contribution in [0.1, 0.15) is 89.5 Å². The molecule has 2 fully saturated rings. The second-order valence-electron chi connectivity index (χ2n) is 21.3. The molecular formula is C56H78N16O12. The molecule has 28 nitrogen and oxygen atoms in total. The fraction of sp³-hybridized carbons (Fsp3) is 0.500. The van der Waals surface area contributed by atoms with E-state index in [2.05, 4.69) is 67.8 Å². The van der Waals surface area contributed by atoms with E-state index >= 15 is 0 Å². The molecule has 0 aliphatic carbocycles. The Balaban J connectivity index is 1.18. The van der Waals surface area contributed by atoms with Crippen molar-refractivity contribution in [3.05, 3.63) is 84.1 Å². The monoisotopic (exact) mass is 1170 g/mol. The number of benzene rings is 2. The number of aromatic amines is 2. The van der Waals surface area contributed by atoms with Gasteiger partial charge in [0.1, 0.15) is 60.1 Å². The summed E-state index contributed by atoms with van der Waals surface area (Å²) in [7, 11) is 0. The van der Waals surface area contributed by atoms with Crippen molar-refractivity contribution in [1.82, 2.24) is 67.7 Å². The van der Waals surface area contributed by atoms with Gasteiger partial charge in [0.25, 0.3) is 0 Å². The lowest BCUT2D eigenvalue weighted by atomic mass is 10.0. The molecule has 2 aromatic carbocycles. The lowest BCUT2D eigenvalue weighted by Crippen LogP contribution is -2.61. The molecule has 4 aromatic rings. The van der Waals surface area contributed by atoms with Crippen LogP contribution in [0, 0.1) is 5.92 Å². The Bertz CT molecular complexity index is 2980. The molecule has 28 heteroatoms. The molecule has 84 heavy (non-hydrogen) atoms. The van der Waals surface area contributed by atoms with Crippen LogP contribution < -0.4 is 59.3 Å². The number of likely N-dealkylation sites (N-methyl/N-ethyl adjacent to an activating group) is 1. The first-order valence-corrected chi connectivity index (χ1v) is 28.1. The molecule has 0 bridgehead atoms. The third-order valence-corrected chi connectivity index (χ3v) is 14.3. The molecule has 0 spiro atoms. The number of carbonyl (C=O) groups excluding carboxylic acids is 10. The predicted molar refractivity (Wildman–Crippen MR) is 306 cm³/mol. The third kappa shape index (κ3) is 18.5. The Morgan fingerprint density at radius 1 is 0.738 bits per heavy atom. The van der Waals surface area contributed by atoms with Gasteiger partial charge in [-0.05, 0) is 87.6 Å². The van der Waals surface area contributed by atoms with E-state index in [-0.39, 0.29) is 93.9 Å². The molecule has 4 heterocycles. The van der Waals surface area contributed by atoms with Crippen molar-refractivity contribution in [2.75, 3.05) is 26.2 Å². The Kier molecular flexibility index (Phi) is 23.5. The van der Waals surface area contributed by atoms with E-state index in [0.717, 1.165) is 5.52 Å². The highest BCUT2D eigenvalue weighted by Crippen LogP contribution is 2.22. The number of likely N-dealkylation sites (tertiary alicyclic amines) is 1. The highest BCUT2D eigenvalue weighted by atomic mass is 16.3. The van der Waals surface area contributed by atoms with Gasteiger partial charge in [-0.3, -0.25) is 52.9 Å². The Morgan fingerprint density at radius 3 is 2.01 bits per heavy atom. The summed E-state index contributed by atoms with van der Waals surface area (Å²) in [6, 6.07) is 1.50. The van der Waals surface area contributed by atoms with Crippen molar-refractivity contribution >= 4 is 75.9 Å². The normalized spacial score (nSPS) is 17.3. The van der Waals surface area contributed by atoms with Gasteiger partial charge in [0.15, 0.2) is 5.96 Å². The van der Waals surface area contributed by atoms with E-state index < -0.39 is 108 Å². The predicted octanol–water partition coefficient (Wildman–Crippen LogP) is -2.46. The lowest BCUT2D eigenvalue weighted by molar-refractivity contribution is -0.142. The molecule has 0 saturated carbocycles. The van der Waals surface area contributed by atoms with Crippen LogP contribution >= 0.6 is 0 Å². The number of carbonyl (C=O) groups is 10. The van der Waals surface area contributed by atoms with Gasteiger partial charge >= 0.3 is 0 Å². The Morgan fingerprint density at radius 2 is 1.37 bits per heavy atom. The average Bonchev–Trinajstić information content (AvgIpc) is 4.48. The minimum atomic E-state index is -1.75. The van der Waals surface area contributed by atoms with E-state index in [4.69, 9.17) is 11.5 Å². The number of fused-ring (bicyclic) bond motifs is 1. The smallest absolute Gasteiger partial charge is 0.245 e. The molecule has 10 amide bonds. The fourth-order valence-electron chi connectivity index (χ4n) is 9.93. The minimum Gasteiger partial charge on any atom is -0.508 e. The van der Waals surface area contributed by atoms with E-state index in [1.807, 2.05) is 19.9 Å². The van der Waals surface area contributed by atoms with Gasteiger partial charge in [-0.1, -0.05) is 44.2 Å². The number of phenols is 1. The van der Waals surface area contributed by atoms with Crippen molar-refractivity contribution < 1.29 is 58.2 Å². The first kappa shape index (κ1) is 64.1. The number of nitrogens with two attached hydrogens (primary N) is 2. The zero-order chi connectivity index (χ0) is 61.0. The lowest BCUT2D eigenvalue weighted by Gasteiger charge is -2.30. The fourth-order valence-corrected chi connectivity index (χ4v) is 9.93. The Hall–Kier alpha value is -9.08. The van der Waals surface area contributed by atoms with E-state index in [1.54, 1.807) is 31.3 Å². The van der Waals surface area contributed by atoms with Gasteiger partial charge in [0, 0.05) is 74.3 Å². The number of phenolic OH excluding ortho intramolecular Hbond substituents is 1. The zero-order valence-corrected chi connectivity index (χ0v) is 47.5. The number of amides is 10. The summed E-state index contributed by atoms with van der Waals surface area (Å²) in [6.07, 6.45) is 5.75. The molecule has 0 radical (unpaired) electrons. The first-order valence-electron chi connectivity index (χ1n) is 28.1.